The maximum absolute atomic E-state index is 8.74. The van der Waals surface area contributed by atoms with Crippen molar-refractivity contribution in [2.75, 3.05) is 6.61 Å². The Hall–Kier alpha value is -0.143. The van der Waals surface area contributed by atoms with E-state index in [4.69, 9.17) is 14.1 Å². The molecule has 10 heavy (non-hydrogen) atoms. The number of rotatable bonds is 1. The molecule has 0 fully saturated rings. The van der Waals surface area contributed by atoms with Crippen molar-refractivity contribution in [3.63, 3.8) is 0 Å². The predicted molar refractivity (Wildman–Crippen MR) is 44.1 cm³/mol. The van der Waals surface area contributed by atoms with E-state index in [9.17, 15) is 0 Å². The van der Waals surface area contributed by atoms with Gasteiger partial charge in [0.2, 0.25) is 4.38 Å². The standard InChI is InChI=1S/C3H6OS2.H2O3Si/c1-2-4-3(5)6;1-4(2)3/h2H2,1H3,(H,5,6);1-2H. The molecule has 2 N–H and O–H groups in total. The molecule has 0 unspecified atom stereocenters. The van der Waals surface area contributed by atoms with Crippen LogP contribution in [0.15, 0.2) is 0 Å². The monoisotopic (exact) mass is 200 g/mol. The first-order chi connectivity index (χ1) is 4.50. The molecule has 0 heterocycles. The summed E-state index contributed by atoms with van der Waals surface area (Å²) in [6.07, 6.45) is 0. The zero-order valence-electron chi connectivity index (χ0n) is 5.27. The van der Waals surface area contributed by atoms with Gasteiger partial charge in [-0.15, -0.1) is 0 Å². The predicted octanol–water partition coefficient (Wildman–Crippen LogP) is -0.376. The van der Waals surface area contributed by atoms with E-state index >= 15 is 0 Å². The fourth-order valence-corrected chi connectivity index (χ4v) is 0.370. The van der Waals surface area contributed by atoms with E-state index < -0.39 is 9.17 Å². The Kier molecular flexibility index (Phi) is 11.1. The Labute approximate surface area is 71.1 Å². The first-order valence-corrected chi connectivity index (χ1v) is 4.44. The summed E-state index contributed by atoms with van der Waals surface area (Å²) in [5.74, 6) is 0. The molecule has 0 aromatic carbocycles. The van der Waals surface area contributed by atoms with Crippen LogP contribution in [0.25, 0.3) is 0 Å². The molecule has 4 nitrogen and oxygen atoms in total. The lowest BCUT2D eigenvalue weighted by atomic mass is 10.9. The SMILES string of the molecule is CCOC(=S)S.O=[Si](O)O. The van der Waals surface area contributed by atoms with Crippen LogP contribution in [-0.4, -0.2) is 29.8 Å². The van der Waals surface area contributed by atoms with Crippen molar-refractivity contribution in [3.8, 4) is 0 Å². The summed E-state index contributed by atoms with van der Waals surface area (Å²) in [6.45, 7) is 2.48. The van der Waals surface area contributed by atoms with Gasteiger partial charge in [-0.3, -0.25) is 4.46 Å². The molecule has 0 aliphatic rings. The fourth-order valence-electron chi connectivity index (χ4n) is 0.123. The van der Waals surface area contributed by atoms with Gasteiger partial charge in [0.05, 0.1) is 6.61 Å². The molecule has 60 valence electrons. The van der Waals surface area contributed by atoms with Crippen molar-refractivity contribution in [1.82, 2.24) is 0 Å². The molecule has 0 saturated heterocycles. The Morgan fingerprint density at radius 3 is 2.10 bits per heavy atom. The number of thiocarbonyl (C=S) groups is 1. The van der Waals surface area contributed by atoms with Crippen molar-refractivity contribution in [2.45, 2.75) is 6.92 Å². The molecule has 0 atom stereocenters. The Morgan fingerprint density at radius 1 is 1.80 bits per heavy atom. The fraction of sp³-hybridized carbons (Fsp3) is 0.667. The molecule has 0 aliphatic carbocycles. The van der Waals surface area contributed by atoms with Gasteiger partial charge in [-0.2, -0.15) is 0 Å². The van der Waals surface area contributed by atoms with E-state index in [1.54, 1.807) is 0 Å². The van der Waals surface area contributed by atoms with E-state index in [1.807, 2.05) is 6.92 Å². The Bertz CT molecular complexity index is 113. The average Bonchev–Trinajstić information content (AvgIpc) is 1.62. The van der Waals surface area contributed by atoms with E-state index in [0.717, 1.165) is 0 Å². The minimum atomic E-state index is -3.13. The minimum Gasteiger partial charge on any atom is -0.511 e. The number of thiol groups is 1. The smallest absolute Gasteiger partial charge is 0.511 e. The third-order valence-electron chi connectivity index (χ3n) is 0.268. The first kappa shape index (κ1) is 12.5. The van der Waals surface area contributed by atoms with Crippen molar-refractivity contribution in [3.05, 3.63) is 0 Å². The Morgan fingerprint density at radius 2 is 2.10 bits per heavy atom. The van der Waals surface area contributed by atoms with Crippen molar-refractivity contribution in [1.29, 1.82) is 0 Å². The largest absolute Gasteiger partial charge is 0.761 e. The quantitative estimate of drug-likeness (QED) is 0.306. The van der Waals surface area contributed by atoms with E-state index in [0.29, 0.717) is 11.0 Å². The second-order valence-corrected chi connectivity index (χ2v) is 2.63. The van der Waals surface area contributed by atoms with Gasteiger partial charge < -0.3 is 14.3 Å². The van der Waals surface area contributed by atoms with E-state index in [-0.39, 0.29) is 0 Å². The highest BCUT2D eigenvalue weighted by atomic mass is 32.1. The summed E-state index contributed by atoms with van der Waals surface area (Å²) >= 11 is 8.12. The molecule has 0 radical (unpaired) electrons. The van der Waals surface area contributed by atoms with Crippen molar-refractivity contribution in [2.24, 2.45) is 0 Å². The summed E-state index contributed by atoms with van der Waals surface area (Å²) in [5.41, 5.74) is 0. The molecule has 0 bridgehead atoms. The van der Waals surface area contributed by atoms with Crippen LogP contribution in [0, 0.1) is 0 Å². The molecule has 0 aromatic heterocycles. The van der Waals surface area contributed by atoms with Gasteiger partial charge in [0.1, 0.15) is 0 Å². The minimum absolute atomic E-state index is 0.317. The first-order valence-electron chi connectivity index (χ1n) is 2.28. The summed E-state index contributed by atoms with van der Waals surface area (Å²) in [6, 6.07) is 0. The third kappa shape index (κ3) is 45.3. The Balaban J connectivity index is 0. The molecule has 7 heteroatoms. The van der Waals surface area contributed by atoms with Gasteiger partial charge in [0.25, 0.3) is 0 Å². The van der Waals surface area contributed by atoms with Crippen LogP contribution in [0.3, 0.4) is 0 Å². The highest BCUT2D eigenvalue weighted by Gasteiger charge is 1.85. The van der Waals surface area contributed by atoms with Gasteiger partial charge in [0.15, 0.2) is 0 Å². The van der Waals surface area contributed by atoms with Gasteiger partial charge in [0, 0.05) is 0 Å². The van der Waals surface area contributed by atoms with Crippen LogP contribution >= 0.6 is 24.8 Å². The summed E-state index contributed by atoms with van der Waals surface area (Å²) in [5, 5.41) is 0. The molecular formula is C3H8O4S2Si. The second kappa shape index (κ2) is 8.86. The molecule has 0 rings (SSSR count). The zero-order valence-corrected chi connectivity index (χ0v) is 7.98. The van der Waals surface area contributed by atoms with Gasteiger partial charge in [-0.1, -0.05) is 12.6 Å². The second-order valence-electron chi connectivity index (χ2n) is 0.981. The van der Waals surface area contributed by atoms with Crippen LogP contribution in [-0.2, 0) is 9.20 Å². The lowest BCUT2D eigenvalue weighted by molar-refractivity contribution is 0.330. The topological polar surface area (TPSA) is 66.8 Å². The van der Waals surface area contributed by atoms with Crippen LogP contribution in [0.2, 0.25) is 0 Å². The number of ether oxygens (including phenoxy) is 1. The van der Waals surface area contributed by atoms with Crippen LogP contribution in [0.4, 0.5) is 0 Å². The lowest BCUT2D eigenvalue weighted by Crippen LogP contribution is -1.90. The molecule has 0 aromatic rings. The summed E-state index contributed by atoms with van der Waals surface area (Å²) < 4.78 is 13.7. The molecular weight excluding hydrogens is 192 g/mol. The van der Waals surface area contributed by atoms with Crippen molar-refractivity contribution >= 4 is 38.4 Å². The third-order valence-corrected chi connectivity index (χ3v) is 0.515. The highest BCUT2D eigenvalue weighted by Crippen LogP contribution is 1.83. The van der Waals surface area contributed by atoms with Crippen molar-refractivity contribution < 1.29 is 18.8 Å². The maximum atomic E-state index is 8.74. The van der Waals surface area contributed by atoms with Crippen LogP contribution < -0.4 is 0 Å². The average molecular weight is 200 g/mol. The van der Waals surface area contributed by atoms with Gasteiger partial charge >= 0.3 is 9.17 Å². The molecule has 0 spiro atoms. The maximum Gasteiger partial charge on any atom is 0.761 e. The van der Waals surface area contributed by atoms with Crippen LogP contribution in [0.5, 0.6) is 0 Å². The molecule has 0 aliphatic heterocycles. The number of hydrogen-bond acceptors (Lipinski definition) is 3. The zero-order chi connectivity index (χ0) is 8.57. The lowest BCUT2D eigenvalue weighted by Gasteiger charge is -1.92. The molecule has 0 amide bonds. The van der Waals surface area contributed by atoms with E-state index in [2.05, 4.69) is 29.6 Å². The summed E-state index contributed by atoms with van der Waals surface area (Å²) in [4.78, 5) is 14.3. The normalized spacial score (nSPS) is 7.00. The van der Waals surface area contributed by atoms with Gasteiger partial charge in [-0.05, 0) is 19.1 Å². The molecule has 0 saturated carbocycles. The number of hydrogen-bond donors (Lipinski definition) is 3. The summed E-state index contributed by atoms with van der Waals surface area (Å²) in [7, 11) is -3.13. The highest BCUT2D eigenvalue weighted by molar-refractivity contribution is 8.10. The van der Waals surface area contributed by atoms with Crippen LogP contribution in [0.1, 0.15) is 6.92 Å². The van der Waals surface area contributed by atoms with Gasteiger partial charge in [-0.25, -0.2) is 0 Å². The van der Waals surface area contributed by atoms with E-state index in [1.165, 1.54) is 0 Å².